The van der Waals surface area contributed by atoms with Gasteiger partial charge in [0.25, 0.3) is 0 Å². The molecule has 0 aromatic rings. The number of nitrogens with zero attached hydrogens (tertiary/aromatic N) is 1. The minimum Gasteiger partial charge on any atom is -0.726 e. The average Bonchev–Trinajstić information content (AvgIpc) is 2.71. The Bertz CT molecular complexity index is 414. The van der Waals surface area contributed by atoms with Crippen molar-refractivity contribution in [2.24, 2.45) is 0 Å². The lowest BCUT2D eigenvalue weighted by molar-refractivity contribution is -0.923. The van der Waals surface area contributed by atoms with Crippen LogP contribution >= 0.6 is 0 Å². The summed E-state index contributed by atoms with van der Waals surface area (Å²) in [5.41, 5.74) is 0. The summed E-state index contributed by atoms with van der Waals surface area (Å²) in [5.74, 6) is 0. The van der Waals surface area contributed by atoms with E-state index in [4.69, 9.17) is 0 Å². The molecule has 0 saturated carbocycles. The summed E-state index contributed by atoms with van der Waals surface area (Å²) in [7, 11) is -3.60. The number of rotatable bonds is 19. The van der Waals surface area contributed by atoms with Crippen LogP contribution in [-0.4, -0.2) is 50.7 Å². The van der Waals surface area contributed by atoms with Gasteiger partial charge in [0.15, 0.2) is 0 Å². The molecule has 0 N–H and O–H groups in total. The smallest absolute Gasteiger partial charge is 0.217 e. The molecule has 0 aliphatic rings. The summed E-state index contributed by atoms with van der Waals surface area (Å²) in [5, 5.41) is 0. The minimum atomic E-state index is -4.41. The normalized spacial score (nSPS) is 11.9. The van der Waals surface area contributed by atoms with Gasteiger partial charge in [-0.3, -0.25) is 4.18 Å². The molecule has 0 atom stereocenters. The lowest BCUT2D eigenvalue weighted by Gasteiger charge is -2.35. The van der Waals surface area contributed by atoms with E-state index >= 15 is 0 Å². The van der Waals surface area contributed by atoms with Crippen molar-refractivity contribution in [2.45, 2.75) is 118 Å². The highest BCUT2D eigenvalue weighted by Gasteiger charge is 2.19. The maximum atomic E-state index is 9.22. The third kappa shape index (κ3) is 22.3. The summed E-state index contributed by atoms with van der Waals surface area (Å²) < 4.78 is 32.4. The van der Waals surface area contributed by atoms with Gasteiger partial charge in [0.1, 0.15) is 0 Å². The number of hydrogen-bond donors (Lipinski definition) is 0. The van der Waals surface area contributed by atoms with Crippen LogP contribution in [0.25, 0.3) is 0 Å². The molecular formula is C23H51NO4S. The van der Waals surface area contributed by atoms with Gasteiger partial charge in [-0.05, 0) is 33.6 Å². The largest absolute Gasteiger partial charge is 0.726 e. The van der Waals surface area contributed by atoms with Gasteiger partial charge in [0, 0.05) is 0 Å². The summed E-state index contributed by atoms with van der Waals surface area (Å²) in [6, 6.07) is 0. The molecule has 0 aliphatic carbocycles. The van der Waals surface area contributed by atoms with Crippen molar-refractivity contribution in [3.8, 4) is 0 Å². The molecule has 0 amide bonds. The van der Waals surface area contributed by atoms with E-state index in [0.29, 0.717) is 0 Å². The third-order valence-corrected chi connectivity index (χ3v) is 6.61. The second-order valence-electron chi connectivity index (χ2n) is 8.19. The van der Waals surface area contributed by atoms with Crippen LogP contribution in [0.15, 0.2) is 0 Å². The lowest BCUT2D eigenvalue weighted by Crippen LogP contribution is -2.48. The second-order valence-corrected chi connectivity index (χ2v) is 9.33. The Labute approximate surface area is 183 Å². The predicted octanol–water partition coefficient (Wildman–Crippen LogP) is 6.44. The van der Waals surface area contributed by atoms with Gasteiger partial charge in [-0.1, -0.05) is 84.0 Å². The van der Waals surface area contributed by atoms with Crippen molar-refractivity contribution < 1.29 is 21.6 Å². The van der Waals surface area contributed by atoms with Gasteiger partial charge >= 0.3 is 0 Å². The molecular weight excluding hydrogens is 386 g/mol. The number of unbranched alkanes of at least 4 members (excludes halogenated alkanes) is 13. The minimum absolute atomic E-state index is 0.808. The van der Waals surface area contributed by atoms with Crippen LogP contribution in [0.4, 0.5) is 0 Å². The maximum Gasteiger partial charge on any atom is 0.217 e. The van der Waals surface area contributed by atoms with E-state index in [0.717, 1.165) is 7.11 Å². The highest BCUT2D eigenvalue weighted by Crippen LogP contribution is 2.14. The fraction of sp³-hybridized carbons (Fsp3) is 1.00. The lowest BCUT2D eigenvalue weighted by atomic mass is 10.0. The zero-order valence-corrected chi connectivity index (χ0v) is 21.0. The van der Waals surface area contributed by atoms with Crippen molar-refractivity contribution in [1.82, 2.24) is 0 Å². The molecule has 0 fully saturated rings. The number of hydrogen-bond acceptors (Lipinski definition) is 4. The van der Waals surface area contributed by atoms with Crippen molar-refractivity contribution in [3.63, 3.8) is 0 Å². The third-order valence-electron chi connectivity index (χ3n) is 6.20. The second kappa shape index (κ2) is 21.1. The average molecular weight is 438 g/mol. The highest BCUT2D eigenvalue weighted by molar-refractivity contribution is 7.80. The first-order valence-electron chi connectivity index (χ1n) is 12.2. The zero-order valence-electron chi connectivity index (χ0n) is 20.2. The summed E-state index contributed by atoms with van der Waals surface area (Å²) >= 11 is 0. The molecule has 0 heterocycles. The molecule has 0 unspecified atom stereocenters. The quantitative estimate of drug-likeness (QED) is 0.101. The van der Waals surface area contributed by atoms with Gasteiger partial charge in [-0.25, -0.2) is 8.42 Å². The van der Waals surface area contributed by atoms with Crippen LogP contribution in [0, 0.1) is 0 Å². The van der Waals surface area contributed by atoms with E-state index in [2.05, 4.69) is 31.9 Å². The van der Waals surface area contributed by atoms with Gasteiger partial charge in [-0.2, -0.15) is 0 Å². The van der Waals surface area contributed by atoms with Crippen LogP contribution in [0.2, 0.25) is 0 Å². The van der Waals surface area contributed by atoms with E-state index in [1.54, 1.807) is 0 Å². The first-order chi connectivity index (χ1) is 13.8. The first-order valence-corrected chi connectivity index (χ1v) is 13.5. The fourth-order valence-corrected chi connectivity index (χ4v) is 3.79. The van der Waals surface area contributed by atoms with E-state index in [9.17, 15) is 13.0 Å². The van der Waals surface area contributed by atoms with Gasteiger partial charge in [0.2, 0.25) is 10.4 Å². The van der Waals surface area contributed by atoms with E-state index in [-0.39, 0.29) is 0 Å². The molecule has 0 radical (unpaired) electrons. The SMILES string of the molecule is CCCCCCCCCCCCCCCC[N+](CC)(CC)CC.COS(=O)(=O)[O-]. The Hall–Kier alpha value is -0.170. The van der Waals surface area contributed by atoms with Crippen molar-refractivity contribution in [1.29, 1.82) is 0 Å². The van der Waals surface area contributed by atoms with E-state index in [1.165, 1.54) is 121 Å². The summed E-state index contributed by atoms with van der Waals surface area (Å²) in [6.07, 6.45) is 20.5. The molecule has 0 aliphatic heterocycles. The van der Waals surface area contributed by atoms with Crippen LogP contribution in [-0.2, 0) is 14.6 Å². The van der Waals surface area contributed by atoms with Crippen molar-refractivity contribution in [3.05, 3.63) is 0 Å². The molecule has 0 spiro atoms. The standard InChI is InChI=1S/C22H48N.CH4O4S/c1-5-9-10-11-12-13-14-15-16-17-18-19-20-21-22-23(6-2,7-3)8-4;1-5-6(2,3)4/h5-22H2,1-4H3;1H3,(H,2,3,4)/q+1;/p-1. The number of quaternary nitrogens is 1. The Morgan fingerprint density at radius 3 is 1.14 bits per heavy atom. The van der Waals surface area contributed by atoms with Gasteiger partial charge in [-0.15, -0.1) is 0 Å². The molecule has 29 heavy (non-hydrogen) atoms. The molecule has 0 rings (SSSR count). The fourth-order valence-electron chi connectivity index (χ4n) is 3.79. The Morgan fingerprint density at radius 1 is 0.621 bits per heavy atom. The highest BCUT2D eigenvalue weighted by atomic mass is 32.3. The maximum absolute atomic E-state index is 9.22. The van der Waals surface area contributed by atoms with Gasteiger partial charge in [0.05, 0.1) is 33.3 Å². The summed E-state index contributed by atoms with van der Waals surface area (Å²) in [6.45, 7) is 14.7. The van der Waals surface area contributed by atoms with Crippen molar-refractivity contribution >= 4 is 10.4 Å². The zero-order chi connectivity index (χ0) is 22.4. The van der Waals surface area contributed by atoms with Crippen LogP contribution < -0.4 is 0 Å². The monoisotopic (exact) mass is 437 g/mol. The van der Waals surface area contributed by atoms with Crippen LogP contribution in [0.1, 0.15) is 118 Å². The van der Waals surface area contributed by atoms with E-state index in [1.807, 2.05) is 0 Å². The van der Waals surface area contributed by atoms with Crippen LogP contribution in [0.5, 0.6) is 0 Å². The Kier molecular flexibility index (Phi) is 22.5. The first kappa shape index (κ1) is 31.0. The van der Waals surface area contributed by atoms with Gasteiger partial charge < -0.3 is 9.04 Å². The predicted molar refractivity (Wildman–Crippen MR) is 124 cm³/mol. The molecule has 0 aromatic heterocycles. The van der Waals surface area contributed by atoms with E-state index < -0.39 is 10.4 Å². The summed E-state index contributed by atoms with van der Waals surface area (Å²) in [4.78, 5) is 0. The molecule has 0 bridgehead atoms. The van der Waals surface area contributed by atoms with Crippen molar-refractivity contribution in [2.75, 3.05) is 33.3 Å². The Balaban J connectivity index is 0. The van der Waals surface area contributed by atoms with Crippen LogP contribution in [0.3, 0.4) is 0 Å². The molecule has 0 saturated heterocycles. The molecule has 0 aromatic carbocycles. The Morgan fingerprint density at radius 2 is 0.897 bits per heavy atom. The molecule has 6 heteroatoms. The molecule has 178 valence electrons. The topological polar surface area (TPSA) is 66.4 Å². The molecule has 5 nitrogen and oxygen atoms in total.